The quantitative estimate of drug-likeness (QED) is 0.395. The van der Waals surface area contributed by atoms with Gasteiger partial charge in [-0.05, 0) is 60.8 Å². The Kier molecular flexibility index (Phi) is 9.62. The molecule has 0 aromatic heterocycles. The zero-order valence-corrected chi connectivity index (χ0v) is 17.8. The molecule has 0 aliphatic rings. The Balaban J connectivity index is 2.01. The number of hydrogen-bond acceptors (Lipinski definition) is 1. The summed E-state index contributed by atoms with van der Waals surface area (Å²) in [5.41, 5.74) is 5.61. The van der Waals surface area contributed by atoms with Gasteiger partial charge < -0.3 is 4.74 Å². The normalized spacial score (nSPS) is 13.5. The van der Waals surface area contributed by atoms with E-state index >= 15 is 0 Å². The van der Waals surface area contributed by atoms with Gasteiger partial charge >= 0.3 is 0 Å². The summed E-state index contributed by atoms with van der Waals surface area (Å²) in [6, 6.07) is 18.2. The minimum absolute atomic E-state index is 0.314. The molecule has 2 rings (SSSR count). The van der Waals surface area contributed by atoms with Gasteiger partial charge in [0.1, 0.15) is 0 Å². The van der Waals surface area contributed by atoms with Crippen LogP contribution < -0.4 is 0 Å². The maximum absolute atomic E-state index is 6.65. The summed E-state index contributed by atoms with van der Waals surface area (Å²) in [5.74, 6) is 0. The predicted molar refractivity (Wildman–Crippen MR) is 118 cm³/mol. The van der Waals surface area contributed by atoms with E-state index in [1.54, 1.807) is 0 Å². The Morgan fingerprint density at radius 2 is 0.889 bits per heavy atom. The Hall–Kier alpha value is -1.60. The van der Waals surface area contributed by atoms with Crippen molar-refractivity contribution < 1.29 is 4.74 Å². The second-order valence-electron chi connectivity index (χ2n) is 7.71. The van der Waals surface area contributed by atoms with Crippen LogP contribution in [0.4, 0.5) is 0 Å². The smallest absolute Gasteiger partial charge is 0.0619 e. The third-order valence-corrected chi connectivity index (χ3v) is 5.40. The lowest BCUT2D eigenvalue weighted by atomic mass is 10.00. The van der Waals surface area contributed by atoms with Gasteiger partial charge in [-0.3, -0.25) is 0 Å². The van der Waals surface area contributed by atoms with Crippen molar-refractivity contribution in [2.24, 2.45) is 0 Å². The molecule has 0 amide bonds. The highest BCUT2D eigenvalue weighted by Crippen LogP contribution is 2.19. The fraction of sp³-hybridized carbons (Fsp3) is 0.538. The lowest BCUT2D eigenvalue weighted by Crippen LogP contribution is -2.26. The first-order valence-corrected chi connectivity index (χ1v) is 11.0. The molecule has 1 heteroatoms. The Labute approximate surface area is 167 Å². The molecular weight excluding hydrogens is 328 g/mol. The molecule has 0 saturated carbocycles. The average molecular weight is 367 g/mol. The van der Waals surface area contributed by atoms with E-state index in [9.17, 15) is 0 Å². The van der Waals surface area contributed by atoms with Crippen LogP contribution in [0.15, 0.2) is 48.5 Å². The topological polar surface area (TPSA) is 9.23 Å². The molecule has 2 unspecified atom stereocenters. The van der Waals surface area contributed by atoms with Gasteiger partial charge in [0.25, 0.3) is 0 Å². The van der Waals surface area contributed by atoms with Crippen molar-refractivity contribution >= 4 is 0 Å². The van der Waals surface area contributed by atoms with Gasteiger partial charge in [0.05, 0.1) is 12.2 Å². The molecule has 2 atom stereocenters. The van der Waals surface area contributed by atoms with Crippen LogP contribution in [-0.4, -0.2) is 12.2 Å². The van der Waals surface area contributed by atoms with Crippen LogP contribution in [0.2, 0.25) is 0 Å². The molecule has 2 aromatic carbocycles. The Bertz CT molecular complexity index is 569. The van der Waals surface area contributed by atoms with Gasteiger partial charge in [0.2, 0.25) is 0 Å². The van der Waals surface area contributed by atoms with Gasteiger partial charge in [-0.15, -0.1) is 0 Å². The van der Waals surface area contributed by atoms with Crippen LogP contribution in [0.5, 0.6) is 0 Å². The first-order valence-electron chi connectivity index (χ1n) is 11.0. The molecule has 0 saturated heterocycles. The van der Waals surface area contributed by atoms with Crippen molar-refractivity contribution in [2.75, 3.05) is 0 Å². The molecule has 0 heterocycles. The second-order valence-corrected chi connectivity index (χ2v) is 7.71. The number of benzene rings is 2. The Morgan fingerprint density at radius 3 is 1.19 bits per heavy atom. The first-order chi connectivity index (χ1) is 13.2. The molecule has 0 spiro atoms. The molecular formula is C26H38O. The minimum Gasteiger partial charge on any atom is -0.374 e. The summed E-state index contributed by atoms with van der Waals surface area (Å²) in [5, 5.41) is 0. The monoisotopic (exact) mass is 366 g/mol. The fourth-order valence-electron chi connectivity index (χ4n) is 3.70. The average Bonchev–Trinajstić information content (AvgIpc) is 2.69. The fourth-order valence-corrected chi connectivity index (χ4v) is 3.70. The van der Waals surface area contributed by atoms with E-state index in [-0.39, 0.29) is 0 Å². The highest BCUT2D eigenvalue weighted by molar-refractivity contribution is 5.24. The largest absolute Gasteiger partial charge is 0.374 e. The van der Waals surface area contributed by atoms with Crippen molar-refractivity contribution in [1.29, 1.82) is 0 Å². The third-order valence-electron chi connectivity index (χ3n) is 5.40. The molecule has 0 fully saturated rings. The number of aryl methyl sites for hydroxylation is 2. The molecule has 27 heavy (non-hydrogen) atoms. The Morgan fingerprint density at radius 1 is 0.556 bits per heavy atom. The van der Waals surface area contributed by atoms with Gasteiger partial charge in [0, 0.05) is 0 Å². The molecule has 2 aromatic rings. The maximum Gasteiger partial charge on any atom is 0.0619 e. The predicted octanol–water partition coefficient (Wildman–Crippen LogP) is 6.95. The number of rotatable bonds is 12. The molecule has 0 aliphatic heterocycles. The summed E-state index contributed by atoms with van der Waals surface area (Å²) in [6.07, 6.45) is 9.47. The summed E-state index contributed by atoms with van der Waals surface area (Å²) in [6.45, 7) is 8.93. The zero-order chi connectivity index (χ0) is 19.5. The second kappa shape index (κ2) is 12.0. The SMILES string of the molecule is CCCC(Cc1ccc(CC)cc1)OC(CCC)Cc1ccc(CC)cc1. The molecule has 0 N–H and O–H groups in total. The van der Waals surface area contributed by atoms with E-state index in [1.807, 2.05) is 0 Å². The maximum atomic E-state index is 6.65. The van der Waals surface area contributed by atoms with Crippen LogP contribution in [0.25, 0.3) is 0 Å². The van der Waals surface area contributed by atoms with E-state index in [0.29, 0.717) is 12.2 Å². The summed E-state index contributed by atoms with van der Waals surface area (Å²) in [4.78, 5) is 0. The van der Waals surface area contributed by atoms with Gasteiger partial charge in [0.15, 0.2) is 0 Å². The molecule has 148 valence electrons. The number of hydrogen-bond donors (Lipinski definition) is 0. The molecule has 0 bridgehead atoms. The number of ether oxygens (including phenoxy) is 1. The van der Waals surface area contributed by atoms with Crippen molar-refractivity contribution in [3.63, 3.8) is 0 Å². The highest BCUT2D eigenvalue weighted by Gasteiger charge is 2.17. The van der Waals surface area contributed by atoms with Gasteiger partial charge in [-0.1, -0.05) is 89.1 Å². The van der Waals surface area contributed by atoms with E-state index < -0.39 is 0 Å². The molecule has 0 radical (unpaired) electrons. The van der Waals surface area contributed by atoms with Crippen molar-refractivity contribution in [2.45, 2.75) is 91.3 Å². The lowest BCUT2D eigenvalue weighted by molar-refractivity contribution is -0.0200. The van der Waals surface area contributed by atoms with E-state index in [1.165, 1.54) is 35.1 Å². The van der Waals surface area contributed by atoms with Crippen molar-refractivity contribution in [3.8, 4) is 0 Å². The minimum atomic E-state index is 0.314. The van der Waals surface area contributed by atoms with Gasteiger partial charge in [-0.25, -0.2) is 0 Å². The zero-order valence-electron chi connectivity index (χ0n) is 17.8. The van der Waals surface area contributed by atoms with Crippen LogP contribution >= 0.6 is 0 Å². The van der Waals surface area contributed by atoms with Crippen LogP contribution in [-0.2, 0) is 30.4 Å². The highest BCUT2D eigenvalue weighted by atomic mass is 16.5. The van der Waals surface area contributed by atoms with Crippen LogP contribution in [0, 0.1) is 0 Å². The van der Waals surface area contributed by atoms with E-state index in [0.717, 1.165) is 38.5 Å². The van der Waals surface area contributed by atoms with Gasteiger partial charge in [-0.2, -0.15) is 0 Å². The van der Waals surface area contributed by atoms with Crippen molar-refractivity contribution in [1.82, 2.24) is 0 Å². The standard InChI is InChI=1S/C26H38O/c1-5-9-25(19-23-15-11-21(7-3)12-16-23)27-26(10-6-2)20-24-17-13-22(8-4)14-18-24/h11-18,25-26H,5-10,19-20H2,1-4H3. The van der Waals surface area contributed by atoms with Crippen LogP contribution in [0.3, 0.4) is 0 Å². The van der Waals surface area contributed by atoms with Crippen LogP contribution in [0.1, 0.15) is 75.6 Å². The van der Waals surface area contributed by atoms with Crippen molar-refractivity contribution in [3.05, 3.63) is 70.8 Å². The van der Waals surface area contributed by atoms with E-state index in [2.05, 4.69) is 76.2 Å². The molecule has 1 nitrogen and oxygen atoms in total. The molecule has 0 aliphatic carbocycles. The lowest BCUT2D eigenvalue weighted by Gasteiger charge is -2.25. The van der Waals surface area contributed by atoms with E-state index in [4.69, 9.17) is 4.74 Å². The summed E-state index contributed by atoms with van der Waals surface area (Å²) < 4.78 is 6.65. The summed E-state index contributed by atoms with van der Waals surface area (Å²) >= 11 is 0. The first kappa shape index (κ1) is 21.7. The third kappa shape index (κ3) is 7.50. The summed E-state index contributed by atoms with van der Waals surface area (Å²) in [7, 11) is 0.